The minimum Gasteiger partial charge on any atom is -0.493 e. The molecule has 234 valence electrons. The van der Waals surface area contributed by atoms with Gasteiger partial charge in [0.05, 0.1) is 35.2 Å². The second-order valence-electron chi connectivity index (χ2n) is 9.92. The molecule has 0 saturated carbocycles. The molecule has 1 fully saturated rings. The number of thioether (sulfide) groups is 1. The minimum absolute atomic E-state index is 0.0128. The highest BCUT2D eigenvalue weighted by molar-refractivity contribution is 8.00. The SMILES string of the molecule is COc1cccc(/C=C(/NC(=O)c2ccccc2)C(=O)Nc2cccc(S[C@@H]3CC(=O)N(c4ccc(Cl)c(Cl)c4)C3=O)c2)c1OC. The molecule has 46 heavy (non-hydrogen) atoms. The highest BCUT2D eigenvalue weighted by Gasteiger charge is 2.40. The summed E-state index contributed by atoms with van der Waals surface area (Å²) in [5.41, 5.74) is 1.57. The van der Waals surface area contributed by atoms with Gasteiger partial charge in [0.15, 0.2) is 11.5 Å². The molecule has 1 saturated heterocycles. The van der Waals surface area contributed by atoms with E-state index in [1.807, 2.05) is 0 Å². The van der Waals surface area contributed by atoms with Gasteiger partial charge >= 0.3 is 0 Å². The van der Waals surface area contributed by atoms with Crippen LogP contribution in [0.3, 0.4) is 0 Å². The first-order chi connectivity index (χ1) is 22.2. The maximum atomic E-state index is 13.6. The van der Waals surface area contributed by atoms with Crippen LogP contribution in [0.2, 0.25) is 10.0 Å². The molecular formula is C34H27Cl2N3O6S. The van der Waals surface area contributed by atoms with Gasteiger partial charge in [0, 0.05) is 28.1 Å². The first kappa shape index (κ1) is 32.6. The normalized spacial score (nSPS) is 14.7. The average Bonchev–Trinajstić information content (AvgIpc) is 3.33. The van der Waals surface area contributed by atoms with Crippen LogP contribution in [-0.4, -0.2) is 43.1 Å². The average molecular weight is 677 g/mol. The van der Waals surface area contributed by atoms with Crippen molar-refractivity contribution in [2.45, 2.75) is 16.6 Å². The van der Waals surface area contributed by atoms with Crippen molar-refractivity contribution in [1.29, 1.82) is 0 Å². The summed E-state index contributed by atoms with van der Waals surface area (Å²) in [5.74, 6) is -0.995. The number of amides is 4. The summed E-state index contributed by atoms with van der Waals surface area (Å²) in [6.07, 6.45) is 1.48. The quantitative estimate of drug-likeness (QED) is 0.140. The van der Waals surface area contributed by atoms with Gasteiger partial charge in [-0.05, 0) is 60.7 Å². The van der Waals surface area contributed by atoms with Crippen molar-refractivity contribution >= 4 is 76.0 Å². The molecule has 0 aromatic heterocycles. The fourth-order valence-electron chi connectivity index (χ4n) is 4.72. The number of carbonyl (C=O) groups is 4. The van der Waals surface area contributed by atoms with Gasteiger partial charge in [0.1, 0.15) is 5.70 Å². The number of ether oxygens (including phenoxy) is 2. The highest BCUT2D eigenvalue weighted by atomic mass is 35.5. The Morgan fingerprint density at radius 3 is 2.37 bits per heavy atom. The van der Waals surface area contributed by atoms with Crippen molar-refractivity contribution in [2.24, 2.45) is 0 Å². The van der Waals surface area contributed by atoms with Crippen molar-refractivity contribution in [3.8, 4) is 11.5 Å². The number of hydrogen-bond donors (Lipinski definition) is 2. The number of rotatable bonds is 10. The number of anilines is 2. The molecule has 1 atom stereocenters. The molecule has 12 heteroatoms. The lowest BCUT2D eigenvalue weighted by Gasteiger charge is -2.16. The van der Waals surface area contributed by atoms with Gasteiger partial charge in [0.25, 0.3) is 11.8 Å². The third kappa shape index (κ3) is 7.37. The number of hydrogen-bond acceptors (Lipinski definition) is 7. The van der Waals surface area contributed by atoms with Crippen molar-refractivity contribution in [1.82, 2.24) is 5.32 Å². The lowest BCUT2D eigenvalue weighted by molar-refractivity contribution is -0.121. The van der Waals surface area contributed by atoms with E-state index < -0.39 is 17.1 Å². The van der Waals surface area contributed by atoms with Crippen LogP contribution in [0.4, 0.5) is 11.4 Å². The molecule has 0 radical (unpaired) electrons. The van der Waals surface area contributed by atoms with E-state index in [-0.39, 0.29) is 29.0 Å². The van der Waals surface area contributed by atoms with Crippen LogP contribution in [0.25, 0.3) is 6.08 Å². The second-order valence-corrected chi connectivity index (χ2v) is 12.0. The second kappa shape index (κ2) is 14.6. The summed E-state index contributed by atoms with van der Waals surface area (Å²) in [6.45, 7) is 0. The molecule has 5 rings (SSSR count). The van der Waals surface area contributed by atoms with E-state index in [2.05, 4.69) is 10.6 Å². The fraction of sp³-hybridized carbons (Fsp3) is 0.118. The van der Waals surface area contributed by atoms with Crippen LogP contribution in [0.1, 0.15) is 22.3 Å². The Balaban J connectivity index is 1.37. The maximum absolute atomic E-state index is 13.6. The van der Waals surface area contributed by atoms with Crippen LogP contribution in [-0.2, 0) is 14.4 Å². The topological polar surface area (TPSA) is 114 Å². The van der Waals surface area contributed by atoms with Crippen molar-refractivity contribution in [2.75, 3.05) is 24.4 Å². The Labute approximate surface area is 279 Å². The highest BCUT2D eigenvalue weighted by Crippen LogP contribution is 2.37. The van der Waals surface area contributed by atoms with E-state index in [1.54, 1.807) is 78.9 Å². The van der Waals surface area contributed by atoms with Gasteiger partial charge in [0.2, 0.25) is 11.8 Å². The number of nitrogens with one attached hydrogen (secondary N) is 2. The van der Waals surface area contributed by atoms with E-state index in [1.165, 1.54) is 44.2 Å². The van der Waals surface area contributed by atoms with Crippen LogP contribution in [0.5, 0.6) is 11.5 Å². The van der Waals surface area contributed by atoms with Gasteiger partial charge in [-0.1, -0.05) is 59.6 Å². The third-order valence-corrected chi connectivity index (χ3v) is 8.82. The number of imide groups is 1. The summed E-state index contributed by atoms with van der Waals surface area (Å²) in [4.78, 5) is 54.5. The largest absolute Gasteiger partial charge is 0.493 e. The van der Waals surface area contributed by atoms with Crippen molar-refractivity contribution in [3.63, 3.8) is 0 Å². The smallest absolute Gasteiger partial charge is 0.272 e. The first-order valence-corrected chi connectivity index (χ1v) is 15.5. The Bertz CT molecular complexity index is 1850. The molecule has 9 nitrogen and oxygen atoms in total. The van der Waals surface area contributed by atoms with Gasteiger partial charge in [-0.25, -0.2) is 4.90 Å². The molecule has 4 aromatic carbocycles. The van der Waals surface area contributed by atoms with Gasteiger partial charge < -0.3 is 20.1 Å². The van der Waals surface area contributed by atoms with Crippen molar-refractivity contribution in [3.05, 3.63) is 118 Å². The number of methoxy groups -OCH3 is 2. The molecule has 4 amide bonds. The Morgan fingerprint density at radius 1 is 0.891 bits per heavy atom. The predicted octanol–water partition coefficient (Wildman–Crippen LogP) is 6.84. The zero-order valence-electron chi connectivity index (χ0n) is 24.6. The maximum Gasteiger partial charge on any atom is 0.272 e. The van der Waals surface area contributed by atoms with E-state index in [4.69, 9.17) is 32.7 Å². The van der Waals surface area contributed by atoms with Crippen LogP contribution in [0.15, 0.2) is 102 Å². The van der Waals surface area contributed by atoms with E-state index >= 15 is 0 Å². The van der Waals surface area contributed by atoms with E-state index in [0.29, 0.717) is 43.9 Å². The number of nitrogens with zero attached hydrogens (tertiary/aromatic N) is 1. The van der Waals surface area contributed by atoms with Gasteiger partial charge in [-0.3, -0.25) is 19.2 Å². The summed E-state index contributed by atoms with van der Waals surface area (Å²) >= 11 is 13.3. The van der Waals surface area contributed by atoms with Crippen LogP contribution < -0.4 is 25.0 Å². The number of para-hydroxylation sites is 1. The molecular weight excluding hydrogens is 649 g/mol. The van der Waals surface area contributed by atoms with Crippen LogP contribution in [0, 0.1) is 0 Å². The standard InChI is InChI=1S/C34H27Cl2N3O6S/c1-44-28-13-6-10-21(31(28)45-2)16-27(38-32(41)20-8-4-3-5-9-20)33(42)37-22-11-7-12-24(17-22)46-29-19-30(40)39(34(29)43)23-14-15-25(35)26(36)18-23/h3-18,29H,19H2,1-2H3,(H,37,42)(H,38,41)/b27-16+/t29-/m1/s1. The third-order valence-electron chi connectivity index (χ3n) is 6.90. The fourth-order valence-corrected chi connectivity index (χ4v) is 6.13. The number of carbonyl (C=O) groups excluding carboxylic acids is 4. The van der Waals surface area contributed by atoms with E-state index in [0.717, 1.165) is 4.90 Å². The Hall–Kier alpha value is -4.77. The Kier molecular flexibility index (Phi) is 10.3. The minimum atomic E-state index is -0.686. The van der Waals surface area contributed by atoms with Crippen LogP contribution >= 0.6 is 35.0 Å². The summed E-state index contributed by atoms with van der Waals surface area (Å²) in [6, 6.07) is 25.1. The molecule has 1 aliphatic heterocycles. The molecule has 0 bridgehead atoms. The molecule has 0 unspecified atom stereocenters. The number of halogens is 2. The summed E-state index contributed by atoms with van der Waals surface area (Å²) < 4.78 is 10.9. The monoisotopic (exact) mass is 675 g/mol. The predicted molar refractivity (Wildman–Crippen MR) is 180 cm³/mol. The molecule has 4 aromatic rings. The van der Waals surface area contributed by atoms with Crippen molar-refractivity contribution < 1.29 is 28.7 Å². The zero-order valence-corrected chi connectivity index (χ0v) is 26.9. The lowest BCUT2D eigenvalue weighted by atomic mass is 10.1. The Morgan fingerprint density at radius 2 is 1.65 bits per heavy atom. The lowest BCUT2D eigenvalue weighted by Crippen LogP contribution is -2.31. The van der Waals surface area contributed by atoms with Gasteiger partial charge in [-0.15, -0.1) is 11.8 Å². The molecule has 0 spiro atoms. The number of benzene rings is 4. The molecule has 2 N–H and O–H groups in total. The molecule has 0 aliphatic carbocycles. The summed E-state index contributed by atoms with van der Waals surface area (Å²) in [7, 11) is 2.98. The van der Waals surface area contributed by atoms with E-state index in [9.17, 15) is 19.2 Å². The zero-order chi connectivity index (χ0) is 32.8. The molecule has 1 aliphatic rings. The van der Waals surface area contributed by atoms with Gasteiger partial charge in [-0.2, -0.15) is 0 Å². The first-order valence-electron chi connectivity index (χ1n) is 13.9. The molecule has 1 heterocycles. The summed E-state index contributed by atoms with van der Waals surface area (Å²) in [5, 5.41) is 5.39.